The molecule has 1 aliphatic rings. The van der Waals surface area contributed by atoms with Gasteiger partial charge in [-0.05, 0) is 37.5 Å². The first kappa shape index (κ1) is 38.9. The number of hydrogen-bond acceptors (Lipinski definition) is 7. The van der Waals surface area contributed by atoms with Gasteiger partial charge in [0.1, 0.15) is 16.9 Å². The lowest BCUT2D eigenvalue weighted by atomic mass is 9.95. The number of rotatable bonds is 7. The van der Waals surface area contributed by atoms with Gasteiger partial charge in [0.15, 0.2) is 5.65 Å². The van der Waals surface area contributed by atoms with Crippen molar-refractivity contribution < 1.29 is 27.5 Å². The molecule has 3 aromatic rings. The topological polar surface area (TPSA) is 101 Å². The Bertz CT molecular complexity index is 1500. The van der Waals surface area contributed by atoms with Gasteiger partial charge in [-0.15, -0.1) is 0 Å². The van der Waals surface area contributed by atoms with E-state index in [1.807, 2.05) is 48.5 Å². The number of anilines is 3. The Morgan fingerprint density at radius 2 is 1.65 bits per heavy atom. The van der Waals surface area contributed by atoms with Gasteiger partial charge in [0.25, 0.3) is 0 Å². The molecule has 46 heavy (non-hydrogen) atoms. The SMILES string of the molecule is CC.CC.CCOC(=O)c1cc2nc(Nc3c(Cl)ccc(CNC(=O)C(C)(C)C)c3Cl)n(C)c2nc1N1CCC(C(F)(F)F)CC1. The summed E-state index contributed by atoms with van der Waals surface area (Å²) in [6.45, 7) is 15.6. The molecule has 1 aromatic carbocycles. The lowest BCUT2D eigenvalue weighted by molar-refractivity contribution is -0.179. The van der Waals surface area contributed by atoms with Crippen molar-refractivity contribution in [3.8, 4) is 0 Å². The predicted octanol–water partition coefficient (Wildman–Crippen LogP) is 8.69. The molecule has 0 spiro atoms. The second-order valence-corrected chi connectivity index (χ2v) is 12.0. The molecule has 2 aromatic heterocycles. The number of pyridine rings is 1. The number of nitrogens with zero attached hydrogens (tertiary/aromatic N) is 4. The Morgan fingerprint density at radius 3 is 2.20 bits per heavy atom. The van der Waals surface area contributed by atoms with Crippen LogP contribution in [0.15, 0.2) is 18.2 Å². The Balaban J connectivity index is 0.00000177. The summed E-state index contributed by atoms with van der Waals surface area (Å²) in [6, 6.07) is 4.89. The quantitative estimate of drug-likeness (QED) is 0.240. The van der Waals surface area contributed by atoms with Crippen molar-refractivity contribution >= 4 is 63.7 Å². The van der Waals surface area contributed by atoms with Gasteiger partial charge >= 0.3 is 12.1 Å². The van der Waals surface area contributed by atoms with Crippen LogP contribution >= 0.6 is 23.2 Å². The molecule has 0 radical (unpaired) electrons. The van der Waals surface area contributed by atoms with Crippen LogP contribution in [-0.4, -0.2) is 52.3 Å². The molecule has 1 saturated heterocycles. The zero-order valence-corrected chi connectivity index (χ0v) is 29.5. The van der Waals surface area contributed by atoms with Crippen LogP contribution in [0.1, 0.15) is 84.2 Å². The molecular formula is C32H45Cl2F3N6O3. The largest absolute Gasteiger partial charge is 0.462 e. The number of esters is 1. The summed E-state index contributed by atoms with van der Waals surface area (Å²) in [7, 11) is 1.70. The number of carbonyl (C=O) groups is 2. The predicted molar refractivity (Wildman–Crippen MR) is 179 cm³/mol. The van der Waals surface area contributed by atoms with E-state index >= 15 is 0 Å². The highest BCUT2D eigenvalue weighted by molar-refractivity contribution is 6.39. The Hall–Kier alpha value is -3.25. The summed E-state index contributed by atoms with van der Waals surface area (Å²) >= 11 is 13.2. The maximum absolute atomic E-state index is 13.3. The van der Waals surface area contributed by atoms with Crippen molar-refractivity contribution in [1.29, 1.82) is 0 Å². The van der Waals surface area contributed by atoms with Crippen molar-refractivity contribution in [2.24, 2.45) is 18.4 Å². The highest BCUT2D eigenvalue weighted by Gasteiger charge is 2.41. The molecule has 0 saturated carbocycles. The molecule has 4 rings (SSSR count). The molecule has 256 valence electrons. The third-order valence-corrected chi connectivity index (χ3v) is 7.85. The Morgan fingerprint density at radius 1 is 1.04 bits per heavy atom. The van der Waals surface area contributed by atoms with Crippen molar-refractivity contribution in [3.05, 3.63) is 39.4 Å². The van der Waals surface area contributed by atoms with E-state index in [0.29, 0.717) is 33.4 Å². The molecule has 0 aliphatic carbocycles. The van der Waals surface area contributed by atoms with E-state index < -0.39 is 23.5 Å². The molecular weight excluding hydrogens is 644 g/mol. The summed E-state index contributed by atoms with van der Waals surface area (Å²) in [5.41, 5.74) is 1.28. The second kappa shape index (κ2) is 16.5. The van der Waals surface area contributed by atoms with Gasteiger partial charge < -0.3 is 20.3 Å². The zero-order valence-electron chi connectivity index (χ0n) is 28.0. The molecule has 1 amide bonds. The summed E-state index contributed by atoms with van der Waals surface area (Å²) < 4.78 is 46.7. The van der Waals surface area contributed by atoms with E-state index in [4.69, 9.17) is 27.9 Å². The minimum Gasteiger partial charge on any atom is -0.462 e. The second-order valence-electron chi connectivity index (χ2n) is 11.2. The van der Waals surface area contributed by atoms with Gasteiger partial charge in [-0.3, -0.25) is 9.36 Å². The van der Waals surface area contributed by atoms with E-state index in [9.17, 15) is 22.8 Å². The maximum atomic E-state index is 13.3. The Kier molecular flexibility index (Phi) is 14.0. The van der Waals surface area contributed by atoms with Gasteiger partial charge in [0, 0.05) is 32.1 Å². The van der Waals surface area contributed by atoms with Crippen LogP contribution in [0.5, 0.6) is 0 Å². The average molecular weight is 690 g/mol. The molecule has 3 heterocycles. The van der Waals surface area contributed by atoms with E-state index in [1.54, 1.807) is 35.6 Å². The first-order valence-corrected chi connectivity index (χ1v) is 16.3. The van der Waals surface area contributed by atoms with Gasteiger partial charge in [-0.25, -0.2) is 14.8 Å². The van der Waals surface area contributed by atoms with Gasteiger partial charge in [-0.1, -0.05) is 77.7 Å². The molecule has 14 heteroatoms. The number of aryl methyl sites for hydroxylation is 1. The zero-order chi connectivity index (χ0) is 35.0. The number of aromatic nitrogens is 3. The fourth-order valence-corrected chi connectivity index (χ4v) is 5.16. The van der Waals surface area contributed by atoms with Crippen LogP contribution in [0.2, 0.25) is 10.0 Å². The fourth-order valence-electron chi connectivity index (χ4n) is 4.63. The number of amides is 1. The van der Waals surface area contributed by atoms with Gasteiger partial charge in [0.05, 0.1) is 28.3 Å². The van der Waals surface area contributed by atoms with E-state index in [1.165, 1.54) is 6.07 Å². The van der Waals surface area contributed by atoms with Crippen LogP contribution in [0.25, 0.3) is 11.2 Å². The summed E-state index contributed by atoms with van der Waals surface area (Å²) in [5.74, 6) is -1.64. The van der Waals surface area contributed by atoms with E-state index in [2.05, 4.69) is 20.6 Å². The maximum Gasteiger partial charge on any atom is 0.391 e. The summed E-state index contributed by atoms with van der Waals surface area (Å²) in [4.78, 5) is 36.2. The number of piperidine rings is 1. The van der Waals surface area contributed by atoms with Crippen LogP contribution in [0.4, 0.5) is 30.6 Å². The lowest BCUT2D eigenvalue weighted by Crippen LogP contribution is -2.40. The van der Waals surface area contributed by atoms with E-state index in [0.717, 1.165) is 0 Å². The number of ether oxygens (including phenoxy) is 1. The first-order chi connectivity index (χ1) is 21.6. The molecule has 9 nitrogen and oxygen atoms in total. The number of nitrogens with one attached hydrogen (secondary N) is 2. The monoisotopic (exact) mass is 688 g/mol. The van der Waals surface area contributed by atoms with Crippen LogP contribution in [-0.2, 0) is 23.1 Å². The minimum atomic E-state index is -4.27. The molecule has 0 bridgehead atoms. The van der Waals surface area contributed by atoms with Crippen molar-refractivity contribution in [1.82, 2.24) is 19.9 Å². The normalized spacial score (nSPS) is 13.7. The van der Waals surface area contributed by atoms with Crippen molar-refractivity contribution in [2.75, 3.05) is 29.9 Å². The third kappa shape index (κ3) is 9.18. The number of benzene rings is 1. The third-order valence-electron chi connectivity index (χ3n) is 7.11. The van der Waals surface area contributed by atoms with E-state index in [-0.39, 0.29) is 61.4 Å². The summed E-state index contributed by atoms with van der Waals surface area (Å²) in [5, 5.41) is 6.60. The van der Waals surface area contributed by atoms with Crippen molar-refractivity contribution in [2.45, 2.75) is 81.0 Å². The highest BCUT2D eigenvalue weighted by atomic mass is 35.5. The van der Waals surface area contributed by atoms with Gasteiger partial charge in [-0.2, -0.15) is 13.2 Å². The lowest BCUT2D eigenvalue weighted by Gasteiger charge is -2.34. The average Bonchev–Trinajstić information content (AvgIpc) is 3.33. The molecule has 1 aliphatic heterocycles. The standard InChI is InChI=1S/C28H33Cl2F3N6O3.2C2H6/c1-6-42-24(40)17-13-19-23(37-22(17)39-11-9-16(10-12-39)28(31,32)33)38(5)26(35-19)36-21-18(29)8-7-15(20(21)30)14-34-25(41)27(2,3)4;2*1-2/h7-8,13,16H,6,9-12,14H2,1-5H3,(H,34,41)(H,35,36);2*1-2H3. The van der Waals surface area contributed by atoms with Crippen molar-refractivity contribution in [3.63, 3.8) is 0 Å². The Labute approximate surface area is 279 Å². The number of hydrogen-bond donors (Lipinski definition) is 2. The van der Waals surface area contributed by atoms with Gasteiger partial charge in [0.2, 0.25) is 11.9 Å². The number of alkyl halides is 3. The molecule has 0 atom stereocenters. The number of carbonyl (C=O) groups excluding carboxylic acids is 2. The minimum absolute atomic E-state index is 0.0851. The molecule has 2 N–H and O–H groups in total. The van der Waals surface area contributed by atoms with Crippen LogP contribution < -0.4 is 15.5 Å². The first-order valence-electron chi connectivity index (χ1n) is 15.5. The molecule has 1 fully saturated rings. The van der Waals surface area contributed by atoms with Crippen LogP contribution in [0.3, 0.4) is 0 Å². The number of fused-ring (bicyclic) bond motifs is 1. The fraction of sp³-hybridized carbons (Fsp3) is 0.562. The van der Waals surface area contributed by atoms with Crippen LogP contribution in [0, 0.1) is 11.3 Å². The highest BCUT2D eigenvalue weighted by Crippen LogP contribution is 2.38. The summed E-state index contributed by atoms with van der Waals surface area (Å²) in [6.07, 6.45) is -4.48. The molecule has 0 unspecified atom stereocenters. The smallest absolute Gasteiger partial charge is 0.391 e. The number of imidazole rings is 1. The number of halogens is 5.